The lowest BCUT2D eigenvalue weighted by Crippen LogP contribution is -2.24. The van der Waals surface area contributed by atoms with Crippen molar-refractivity contribution in [1.82, 2.24) is 0 Å². The Morgan fingerprint density at radius 1 is 1.12 bits per heavy atom. The molecule has 2 radical (unpaired) electrons. The molecule has 16 heavy (non-hydrogen) atoms. The fraction of sp³-hybridized carbons (Fsp3) is 0.500. The third-order valence-corrected chi connectivity index (χ3v) is 3.20. The number of aryl methyl sites for hydroxylation is 1. The largest absolute Gasteiger partial charge is 0.412 e. The van der Waals surface area contributed by atoms with Crippen LogP contribution in [0.1, 0.15) is 12.0 Å². The van der Waals surface area contributed by atoms with Crippen molar-refractivity contribution in [1.29, 1.82) is 0 Å². The van der Waals surface area contributed by atoms with E-state index >= 15 is 0 Å². The van der Waals surface area contributed by atoms with Crippen LogP contribution in [0.5, 0.6) is 0 Å². The molecule has 3 nitrogen and oxygen atoms in total. The van der Waals surface area contributed by atoms with Gasteiger partial charge in [0.1, 0.15) is 0 Å². The van der Waals surface area contributed by atoms with Gasteiger partial charge in [-0.15, -0.1) is 0 Å². The standard InChI is InChI=1S/C12H18O3Si/c1-13-12(14-2)16-15-10-6-9-11-7-4-3-5-8-11/h3-5,7-8,12H,6,9-10H2,1-2H3. The predicted molar refractivity (Wildman–Crippen MR) is 64.3 cm³/mol. The van der Waals surface area contributed by atoms with Crippen molar-refractivity contribution in [3.63, 3.8) is 0 Å². The van der Waals surface area contributed by atoms with E-state index in [0.29, 0.717) is 0 Å². The van der Waals surface area contributed by atoms with E-state index in [0.717, 1.165) is 19.4 Å². The molecule has 0 atom stereocenters. The predicted octanol–water partition coefficient (Wildman–Crippen LogP) is 1.83. The Hall–Kier alpha value is -0.683. The molecule has 0 saturated carbocycles. The van der Waals surface area contributed by atoms with Gasteiger partial charge < -0.3 is 13.9 Å². The van der Waals surface area contributed by atoms with E-state index in [1.165, 1.54) is 5.56 Å². The smallest absolute Gasteiger partial charge is 0.299 e. The third kappa shape index (κ3) is 5.41. The van der Waals surface area contributed by atoms with Gasteiger partial charge in [0.15, 0.2) is 5.91 Å². The maximum absolute atomic E-state index is 5.48. The first-order valence-electron chi connectivity index (χ1n) is 5.33. The highest BCUT2D eigenvalue weighted by atomic mass is 28.2. The van der Waals surface area contributed by atoms with E-state index in [-0.39, 0.29) is 15.7 Å². The van der Waals surface area contributed by atoms with Gasteiger partial charge in [-0.3, -0.25) is 0 Å². The summed E-state index contributed by atoms with van der Waals surface area (Å²) < 4.78 is 15.5. The molecule has 88 valence electrons. The van der Waals surface area contributed by atoms with Gasteiger partial charge in [0.25, 0.3) is 9.76 Å². The summed E-state index contributed by atoms with van der Waals surface area (Å²) in [5.74, 6) is -0.225. The van der Waals surface area contributed by atoms with Crippen molar-refractivity contribution in [2.75, 3.05) is 20.8 Å². The number of hydrogen-bond donors (Lipinski definition) is 0. The van der Waals surface area contributed by atoms with Crippen LogP contribution in [0.15, 0.2) is 30.3 Å². The van der Waals surface area contributed by atoms with Gasteiger partial charge in [-0.25, -0.2) is 0 Å². The molecule has 0 saturated heterocycles. The number of benzene rings is 1. The molecule has 0 aliphatic rings. The number of rotatable bonds is 8. The molecular formula is C12H18O3Si. The van der Waals surface area contributed by atoms with Gasteiger partial charge in [-0.1, -0.05) is 30.3 Å². The van der Waals surface area contributed by atoms with Gasteiger partial charge in [-0.05, 0) is 18.4 Å². The average molecular weight is 238 g/mol. The molecule has 0 aliphatic heterocycles. The lowest BCUT2D eigenvalue weighted by atomic mass is 10.1. The Morgan fingerprint density at radius 3 is 2.44 bits per heavy atom. The highest BCUT2D eigenvalue weighted by Gasteiger charge is 2.07. The molecule has 1 rings (SSSR count). The molecule has 0 bridgehead atoms. The maximum Gasteiger partial charge on any atom is 0.299 e. The molecule has 1 aromatic rings. The first-order chi connectivity index (χ1) is 7.86. The van der Waals surface area contributed by atoms with E-state index in [1.54, 1.807) is 14.2 Å². The Morgan fingerprint density at radius 2 is 1.81 bits per heavy atom. The number of methoxy groups -OCH3 is 2. The quantitative estimate of drug-likeness (QED) is 0.393. The van der Waals surface area contributed by atoms with Crippen LogP contribution in [0.4, 0.5) is 0 Å². The summed E-state index contributed by atoms with van der Waals surface area (Å²) >= 11 is 0. The SMILES string of the molecule is COC(OC)[Si]OCCCc1ccccc1. The topological polar surface area (TPSA) is 27.7 Å². The van der Waals surface area contributed by atoms with E-state index in [9.17, 15) is 0 Å². The van der Waals surface area contributed by atoms with Crippen LogP contribution in [-0.2, 0) is 20.3 Å². The maximum atomic E-state index is 5.48. The lowest BCUT2D eigenvalue weighted by Gasteiger charge is -2.11. The minimum atomic E-state index is -0.225. The zero-order chi connectivity index (χ0) is 11.6. The Balaban J connectivity index is 2.04. The van der Waals surface area contributed by atoms with E-state index in [1.807, 2.05) is 6.07 Å². The van der Waals surface area contributed by atoms with Crippen molar-refractivity contribution in [3.8, 4) is 0 Å². The molecule has 0 spiro atoms. The van der Waals surface area contributed by atoms with Crippen LogP contribution in [0.2, 0.25) is 0 Å². The summed E-state index contributed by atoms with van der Waals surface area (Å²) in [4.78, 5) is 0. The molecule has 0 aromatic heterocycles. The minimum absolute atomic E-state index is 0.225. The summed E-state index contributed by atoms with van der Waals surface area (Å²) in [5.41, 5.74) is 1.35. The van der Waals surface area contributed by atoms with Gasteiger partial charge in [0.05, 0.1) is 0 Å². The summed E-state index contributed by atoms with van der Waals surface area (Å²) in [6.07, 6.45) is 2.08. The summed E-state index contributed by atoms with van der Waals surface area (Å²) in [6.45, 7) is 0.747. The van der Waals surface area contributed by atoms with Crippen molar-refractivity contribution in [3.05, 3.63) is 35.9 Å². The zero-order valence-electron chi connectivity index (χ0n) is 9.81. The summed E-state index contributed by atoms with van der Waals surface area (Å²) in [7, 11) is 3.49. The van der Waals surface area contributed by atoms with Crippen LogP contribution in [-0.4, -0.2) is 36.5 Å². The van der Waals surface area contributed by atoms with Crippen molar-refractivity contribution in [2.24, 2.45) is 0 Å². The first kappa shape index (κ1) is 13.4. The molecule has 0 heterocycles. The summed E-state index contributed by atoms with van der Waals surface area (Å²) in [5, 5.41) is 0. The molecule has 0 aliphatic carbocycles. The van der Waals surface area contributed by atoms with Crippen LogP contribution < -0.4 is 0 Å². The molecule has 4 heteroatoms. The van der Waals surface area contributed by atoms with Crippen molar-refractivity contribution < 1.29 is 13.9 Å². The van der Waals surface area contributed by atoms with Crippen molar-refractivity contribution >= 4 is 9.76 Å². The highest BCUT2D eigenvalue weighted by molar-refractivity contribution is 6.28. The molecule has 0 N–H and O–H groups in total. The third-order valence-electron chi connectivity index (χ3n) is 2.16. The van der Waals surface area contributed by atoms with Crippen LogP contribution in [0, 0.1) is 0 Å². The molecule has 1 aromatic carbocycles. The van der Waals surface area contributed by atoms with E-state index in [4.69, 9.17) is 13.9 Å². The van der Waals surface area contributed by atoms with Gasteiger partial charge in [0, 0.05) is 20.8 Å². The van der Waals surface area contributed by atoms with Crippen LogP contribution >= 0.6 is 0 Å². The van der Waals surface area contributed by atoms with E-state index < -0.39 is 0 Å². The number of hydrogen-bond acceptors (Lipinski definition) is 3. The Bertz CT molecular complexity index is 262. The fourth-order valence-electron chi connectivity index (χ4n) is 1.31. The summed E-state index contributed by atoms with van der Waals surface area (Å²) in [6, 6.07) is 10.4. The molecule has 0 amide bonds. The molecule has 0 unspecified atom stereocenters. The highest BCUT2D eigenvalue weighted by Crippen LogP contribution is 2.02. The Labute approximate surface area is 99.7 Å². The molecule has 0 fully saturated rings. The second-order valence-corrected chi connectivity index (χ2v) is 4.35. The lowest BCUT2D eigenvalue weighted by molar-refractivity contribution is -0.0527. The van der Waals surface area contributed by atoms with Crippen LogP contribution in [0.25, 0.3) is 0 Å². The normalized spacial score (nSPS) is 10.9. The van der Waals surface area contributed by atoms with Gasteiger partial charge >= 0.3 is 0 Å². The minimum Gasteiger partial charge on any atom is -0.412 e. The second kappa shape index (κ2) is 8.47. The Kier molecular flexibility index (Phi) is 7.08. The average Bonchev–Trinajstić information content (AvgIpc) is 2.35. The van der Waals surface area contributed by atoms with Gasteiger partial charge in [-0.2, -0.15) is 0 Å². The second-order valence-electron chi connectivity index (χ2n) is 3.36. The molecular weight excluding hydrogens is 220 g/mol. The van der Waals surface area contributed by atoms with Crippen molar-refractivity contribution in [2.45, 2.75) is 18.8 Å². The van der Waals surface area contributed by atoms with Gasteiger partial charge in [0.2, 0.25) is 0 Å². The number of ether oxygens (including phenoxy) is 2. The van der Waals surface area contributed by atoms with Crippen LogP contribution in [0.3, 0.4) is 0 Å². The zero-order valence-corrected chi connectivity index (χ0v) is 10.8. The fourth-order valence-corrected chi connectivity index (χ4v) is 1.90. The monoisotopic (exact) mass is 238 g/mol. The van der Waals surface area contributed by atoms with E-state index in [2.05, 4.69) is 24.3 Å². The first-order valence-corrected chi connectivity index (χ1v) is 6.32.